The molecule has 0 aromatic heterocycles. The van der Waals surface area contributed by atoms with Gasteiger partial charge in [-0.25, -0.2) is 0 Å². The zero-order valence-corrected chi connectivity index (χ0v) is 43.4. The van der Waals surface area contributed by atoms with Crippen molar-refractivity contribution in [1.82, 2.24) is 5.32 Å². The molecule has 2 unspecified atom stereocenters. The number of rotatable bonds is 55. The van der Waals surface area contributed by atoms with Gasteiger partial charge in [0.1, 0.15) is 0 Å². The summed E-state index contributed by atoms with van der Waals surface area (Å²) in [6, 6.07) is -0.532. The van der Waals surface area contributed by atoms with E-state index in [0.717, 1.165) is 25.7 Å². The third-order valence-electron chi connectivity index (χ3n) is 14.0. The van der Waals surface area contributed by atoms with Crippen LogP contribution in [0.25, 0.3) is 0 Å². The molecule has 2 atom stereocenters. The molecule has 3 N–H and O–H groups in total. The predicted molar refractivity (Wildman–Crippen MR) is 281 cm³/mol. The Morgan fingerprint density at radius 2 is 0.603 bits per heavy atom. The van der Waals surface area contributed by atoms with E-state index in [4.69, 9.17) is 0 Å². The maximum Gasteiger partial charge on any atom is 0.220 e. The Hall–Kier alpha value is -0.870. The van der Waals surface area contributed by atoms with Crippen molar-refractivity contribution in [3.63, 3.8) is 0 Å². The van der Waals surface area contributed by atoms with Crippen molar-refractivity contribution in [3.05, 3.63) is 12.2 Å². The van der Waals surface area contributed by atoms with Crippen LogP contribution in [0.5, 0.6) is 0 Å². The van der Waals surface area contributed by atoms with Gasteiger partial charge in [-0.05, 0) is 38.5 Å². The van der Waals surface area contributed by atoms with Gasteiger partial charge in [0.05, 0.1) is 18.8 Å². The molecule has 0 aliphatic heterocycles. The second kappa shape index (κ2) is 55.5. The van der Waals surface area contributed by atoms with Crippen LogP contribution in [0.4, 0.5) is 0 Å². The normalized spacial score (nSPS) is 12.8. The summed E-state index contributed by atoms with van der Waals surface area (Å²) >= 11 is 0. The van der Waals surface area contributed by atoms with Crippen LogP contribution in [0, 0.1) is 0 Å². The van der Waals surface area contributed by atoms with Crippen LogP contribution in [0.15, 0.2) is 12.2 Å². The lowest BCUT2D eigenvalue weighted by molar-refractivity contribution is -0.123. The largest absolute Gasteiger partial charge is 0.394 e. The Morgan fingerprint density at radius 1 is 0.365 bits per heavy atom. The average molecular weight is 889 g/mol. The molecule has 0 saturated carbocycles. The molecular weight excluding hydrogens is 771 g/mol. The number of carbonyl (C=O) groups is 1. The highest BCUT2D eigenvalue weighted by atomic mass is 16.3. The van der Waals surface area contributed by atoms with Gasteiger partial charge >= 0.3 is 0 Å². The van der Waals surface area contributed by atoms with E-state index in [1.165, 1.54) is 289 Å². The fraction of sp³-hybridized carbons (Fsp3) is 0.949. The second-order valence-electron chi connectivity index (χ2n) is 20.4. The van der Waals surface area contributed by atoms with Crippen molar-refractivity contribution in [2.24, 2.45) is 0 Å². The van der Waals surface area contributed by atoms with Crippen molar-refractivity contribution >= 4 is 5.91 Å². The number of carbonyl (C=O) groups excluding carboxylic acids is 1. The van der Waals surface area contributed by atoms with Gasteiger partial charge in [-0.1, -0.05) is 309 Å². The Bertz CT molecular complexity index is 875. The zero-order valence-electron chi connectivity index (χ0n) is 43.4. The lowest BCUT2D eigenvalue weighted by Crippen LogP contribution is -2.45. The topological polar surface area (TPSA) is 69.6 Å². The fourth-order valence-corrected chi connectivity index (χ4v) is 9.54. The monoisotopic (exact) mass is 888 g/mol. The van der Waals surface area contributed by atoms with E-state index in [9.17, 15) is 15.0 Å². The number of allylic oxidation sites excluding steroid dienone is 2. The molecule has 376 valence electrons. The zero-order chi connectivity index (χ0) is 45.6. The average Bonchev–Trinajstić information content (AvgIpc) is 3.29. The first-order valence-corrected chi connectivity index (χ1v) is 29.4. The van der Waals surface area contributed by atoms with Crippen molar-refractivity contribution in [2.75, 3.05) is 6.61 Å². The van der Waals surface area contributed by atoms with E-state index in [-0.39, 0.29) is 12.5 Å². The summed E-state index contributed by atoms with van der Waals surface area (Å²) in [5.41, 5.74) is 0. The smallest absolute Gasteiger partial charge is 0.220 e. The van der Waals surface area contributed by atoms with Crippen LogP contribution in [-0.2, 0) is 4.79 Å². The molecule has 0 aromatic carbocycles. The van der Waals surface area contributed by atoms with Crippen LogP contribution >= 0.6 is 0 Å². The minimum atomic E-state index is -0.655. The van der Waals surface area contributed by atoms with Gasteiger partial charge in [0.2, 0.25) is 5.91 Å². The molecular formula is C59H117NO3. The minimum Gasteiger partial charge on any atom is -0.394 e. The van der Waals surface area contributed by atoms with Gasteiger partial charge in [-0.3, -0.25) is 4.79 Å². The molecule has 0 heterocycles. The van der Waals surface area contributed by atoms with Gasteiger partial charge in [0.25, 0.3) is 0 Å². The Labute approximate surface area is 397 Å². The van der Waals surface area contributed by atoms with Crippen molar-refractivity contribution < 1.29 is 15.0 Å². The first-order valence-electron chi connectivity index (χ1n) is 29.4. The van der Waals surface area contributed by atoms with E-state index >= 15 is 0 Å². The SMILES string of the molecule is CCCCCCCCCCCCCCCCCCCC/C=C\CCCCCCCCCCCCCCCCCCCC(=O)NC(CO)C(O)CCCCCCCCCCCCCC. The third kappa shape index (κ3) is 52.0. The molecule has 4 nitrogen and oxygen atoms in total. The number of aliphatic hydroxyl groups is 2. The van der Waals surface area contributed by atoms with Crippen LogP contribution in [0.3, 0.4) is 0 Å². The van der Waals surface area contributed by atoms with E-state index in [1.54, 1.807) is 0 Å². The van der Waals surface area contributed by atoms with E-state index in [1.807, 2.05) is 0 Å². The maximum atomic E-state index is 12.4. The molecule has 0 spiro atoms. The summed E-state index contributed by atoms with van der Waals surface area (Å²) < 4.78 is 0. The minimum absolute atomic E-state index is 0.0259. The Balaban J connectivity index is 3.33. The molecule has 0 radical (unpaired) electrons. The van der Waals surface area contributed by atoms with Gasteiger partial charge < -0.3 is 15.5 Å². The first-order chi connectivity index (χ1) is 31.2. The fourth-order valence-electron chi connectivity index (χ4n) is 9.54. The van der Waals surface area contributed by atoms with Crippen LogP contribution in [-0.4, -0.2) is 34.9 Å². The molecule has 1 amide bonds. The molecule has 63 heavy (non-hydrogen) atoms. The van der Waals surface area contributed by atoms with Crippen molar-refractivity contribution in [3.8, 4) is 0 Å². The highest BCUT2D eigenvalue weighted by Crippen LogP contribution is 2.18. The number of nitrogens with one attached hydrogen (secondary N) is 1. The summed E-state index contributed by atoms with van der Waals surface area (Å²) in [6.07, 6.45) is 72.3. The molecule has 0 aliphatic rings. The second-order valence-corrected chi connectivity index (χ2v) is 20.4. The maximum absolute atomic E-state index is 12.4. The summed E-state index contributed by atoms with van der Waals surface area (Å²) in [6.45, 7) is 4.38. The number of unbranched alkanes of at least 4 members (excludes halogenated alkanes) is 46. The summed E-state index contributed by atoms with van der Waals surface area (Å²) in [5.74, 6) is -0.0259. The quantitative estimate of drug-likeness (QED) is 0.0421. The highest BCUT2D eigenvalue weighted by Gasteiger charge is 2.20. The van der Waals surface area contributed by atoms with E-state index in [0.29, 0.717) is 12.8 Å². The highest BCUT2D eigenvalue weighted by molar-refractivity contribution is 5.76. The first kappa shape index (κ1) is 62.1. The van der Waals surface area contributed by atoms with Gasteiger partial charge in [0, 0.05) is 6.42 Å². The van der Waals surface area contributed by atoms with Crippen LogP contribution in [0.1, 0.15) is 341 Å². The lowest BCUT2D eigenvalue weighted by atomic mass is 10.0. The standard InChI is InChI=1S/C59H117NO3/c1-3-5-7-9-11-13-15-17-18-19-20-21-22-23-24-25-26-27-28-29-30-31-32-33-34-35-36-37-38-39-40-41-42-43-45-47-49-51-53-55-59(63)60-57(56-61)58(62)54-52-50-48-46-44-16-14-12-10-8-6-4-2/h29-30,57-58,61-62H,3-28,31-56H2,1-2H3,(H,60,63)/b30-29-. The summed E-state index contributed by atoms with van der Waals surface area (Å²) in [4.78, 5) is 12.4. The molecule has 0 saturated heterocycles. The van der Waals surface area contributed by atoms with Gasteiger partial charge in [-0.15, -0.1) is 0 Å². The van der Waals surface area contributed by atoms with Crippen molar-refractivity contribution in [2.45, 2.75) is 353 Å². The van der Waals surface area contributed by atoms with Gasteiger partial charge in [-0.2, -0.15) is 0 Å². The predicted octanol–water partition coefficient (Wildman–Crippen LogP) is 19.3. The molecule has 0 aliphatic carbocycles. The molecule has 0 fully saturated rings. The number of hydrogen-bond donors (Lipinski definition) is 3. The molecule has 0 aromatic rings. The van der Waals surface area contributed by atoms with Crippen LogP contribution in [0.2, 0.25) is 0 Å². The van der Waals surface area contributed by atoms with E-state index in [2.05, 4.69) is 31.3 Å². The molecule has 0 bridgehead atoms. The molecule has 0 rings (SSSR count). The number of aliphatic hydroxyl groups excluding tert-OH is 2. The van der Waals surface area contributed by atoms with Gasteiger partial charge in [0.15, 0.2) is 0 Å². The summed E-state index contributed by atoms with van der Waals surface area (Å²) in [5, 5.41) is 23.2. The van der Waals surface area contributed by atoms with E-state index < -0.39 is 12.1 Å². The van der Waals surface area contributed by atoms with Crippen molar-refractivity contribution in [1.29, 1.82) is 0 Å². The summed E-state index contributed by atoms with van der Waals surface area (Å²) in [7, 11) is 0. The molecule has 4 heteroatoms. The third-order valence-corrected chi connectivity index (χ3v) is 14.0. The van der Waals surface area contributed by atoms with Crippen LogP contribution < -0.4 is 5.32 Å². The number of hydrogen-bond acceptors (Lipinski definition) is 3. The Kier molecular flexibility index (Phi) is 54.7. The Morgan fingerprint density at radius 3 is 0.873 bits per heavy atom. The number of amides is 1. The lowest BCUT2D eigenvalue weighted by Gasteiger charge is -2.22.